The standard InChI is InChI=1S/C67H69NO15S/c1-5-48(69)35-40-7-23-50(24-8-40)77-62(71)42-11-15-44(16-12-42)64(73)79-52-27-19-46(20-28-52)66(75)82-55-31-32-56(60-59(55)68-61(84-60)58-37-54-39(4)33-38(3)34-57(54)81-58)83-67(76)47-21-29-53(30-22-47)80-65(74)45-17-13-43(14-18-45)63(72)78-51-25-9-41(10-26-51)36-49(70)6-2/h5-10,23-26,31-34,37,42-47,52-53H,1-2,11-22,27-30,35-36H2,3-4H3. The molecule has 438 valence electrons. The number of thiazole rings is 1. The zero-order valence-electron chi connectivity index (χ0n) is 47.4. The summed E-state index contributed by atoms with van der Waals surface area (Å²) < 4.78 is 42.3. The summed E-state index contributed by atoms with van der Waals surface area (Å²) in [5.41, 5.74) is 4.73. The first-order chi connectivity index (χ1) is 40.5. The summed E-state index contributed by atoms with van der Waals surface area (Å²) in [6.07, 6.45) is 10.0. The molecule has 4 aromatic carbocycles. The lowest BCUT2D eigenvalue weighted by Crippen LogP contribution is -2.34. The topological polar surface area (TPSA) is 218 Å². The third-order valence-corrected chi connectivity index (χ3v) is 18.0. The van der Waals surface area contributed by atoms with E-state index in [1.54, 1.807) is 60.7 Å². The number of esters is 6. The van der Waals surface area contributed by atoms with Crippen molar-refractivity contribution in [2.75, 3.05) is 0 Å². The maximum Gasteiger partial charge on any atom is 0.314 e. The van der Waals surface area contributed by atoms with E-state index < -0.39 is 23.8 Å². The van der Waals surface area contributed by atoms with Crippen molar-refractivity contribution >= 4 is 79.9 Å². The van der Waals surface area contributed by atoms with Crippen LogP contribution >= 0.6 is 11.3 Å². The highest BCUT2D eigenvalue weighted by Gasteiger charge is 2.38. The van der Waals surface area contributed by atoms with Gasteiger partial charge in [0.05, 0.1) is 35.5 Å². The molecule has 6 aromatic rings. The van der Waals surface area contributed by atoms with Crippen LogP contribution in [0.3, 0.4) is 0 Å². The van der Waals surface area contributed by atoms with Crippen molar-refractivity contribution in [3.8, 4) is 33.8 Å². The monoisotopic (exact) mass is 1160 g/mol. The van der Waals surface area contributed by atoms with Crippen molar-refractivity contribution in [2.45, 2.75) is 142 Å². The van der Waals surface area contributed by atoms with Crippen molar-refractivity contribution in [2.24, 2.45) is 35.5 Å². The Bertz CT molecular complexity index is 3280. The van der Waals surface area contributed by atoms with Crippen LogP contribution in [-0.2, 0) is 60.7 Å². The normalized spacial score (nSPS) is 22.5. The Kier molecular flexibility index (Phi) is 18.8. The minimum Gasteiger partial charge on any atom is -0.462 e. The average molecular weight is 1160 g/mol. The van der Waals surface area contributed by atoms with E-state index in [0.29, 0.717) is 141 Å². The Morgan fingerprint density at radius 2 is 0.893 bits per heavy atom. The zero-order valence-corrected chi connectivity index (χ0v) is 48.2. The molecule has 10 rings (SSSR count). The van der Waals surface area contributed by atoms with Gasteiger partial charge in [-0.1, -0.05) is 43.5 Å². The molecule has 16 nitrogen and oxygen atoms in total. The predicted molar refractivity (Wildman–Crippen MR) is 312 cm³/mol. The molecule has 0 atom stereocenters. The maximum absolute atomic E-state index is 13.9. The molecule has 84 heavy (non-hydrogen) atoms. The van der Waals surface area contributed by atoms with Crippen LogP contribution in [0, 0.1) is 49.4 Å². The van der Waals surface area contributed by atoms with Crippen molar-refractivity contribution < 1.29 is 71.2 Å². The van der Waals surface area contributed by atoms with Gasteiger partial charge in [-0.05, 0) is 200 Å². The average Bonchev–Trinajstić information content (AvgIpc) is 4.38. The molecule has 2 heterocycles. The number of aromatic nitrogens is 1. The number of nitrogens with zero attached hydrogens (tertiary/aromatic N) is 1. The first-order valence-electron chi connectivity index (χ1n) is 29.3. The summed E-state index contributed by atoms with van der Waals surface area (Å²) in [4.78, 5) is 109. The van der Waals surface area contributed by atoms with E-state index in [0.717, 1.165) is 27.6 Å². The molecule has 0 bridgehead atoms. The van der Waals surface area contributed by atoms with Gasteiger partial charge in [0.25, 0.3) is 0 Å². The SMILES string of the molecule is C=CC(=O)Cc1ccc(OC(=O)C2CCC(C(=O)OC3CCC(C(=O)Oc4ccc(OC(=O)C5CCC(OC(=O)C6CCC(C(=O)Oc7ccc(CC(=O)C=C)cc7)CC6)CC5)c5sc(-c6cc7c(C)cc(C)cc7o6)nc45)CC3)CC2)cc1. The van der Waals surface area contributed by atoms with Crippen LogP contribution in [-0.4, -0.2) is 64.6 Å². The molecule has 4 saturated carbocycles. The largest absolute Gasteiger partial charge is 0.462 e. The molecule has 4 fully saturated rings. The van der Waals surface area contributed by atoms with E-state index in [1.165, 1.54) is 23.5 Å². The number of ether oxygens (including phenoxy) is 6. The quantitative estimate of drug-likeness (QED) is 0.0418. The van der Waals surface area contributed by atoms with Crippen molar-refractivity contribution in [1.29, 1.82) is 0 Å². The number of fused-ring (bicyclic) bond motifs is 2. The second-order valence-corrected chi connectivity index (χ2v) is 23.9. The minimum atomic E-state index is -0.459. The summed E-state index contributed by atoms with van der Waals surface area (Å²) >= 11 is 1.26. The Hall–Kier alpha value is -8.05. The summed E-state index contributed by atoms with van der Waals surface area (Å²) in [5.74, 6) is -2.83. The zero-order chi connectivity index (χ0) is 59.0. The number of rotatable bonds is 19. The highest BCUT2D eigenvalue weighted by molar-refractivity contribution is 7.22. The van der Waals surface area contributed by atoms with Crippen LogP contribution in [0.15, 0.2) is 109 Å². The highest BCUT2D eigenvalue weighted by atomic mass is 32.1. The number of hydrogen-bond donors (Lipinski definition) is 0. The number of hydrogen-bond acceptors (Lipinski definition) is 17. The fourth-order valence-electron chi connectivity index (χ4n) is 12.0. The van der Waals surface area contributed by atoms with E-state index in [-0.39, 0.29) is 95.7 Å². The van der Waals surface area contributed by atoms with Gasteiger partial charge in [0.15, 0.2) is 33.8 Å². The molecular weight excluding hydrogens is 1090 g/mol. The van der Waals surface area contributed by atoms with Crippen molar-refractivity contribution in [1.82, 2.24) is 4.98 Å². The molecule has 0 saturated heterocycles. The van der Waals surface area contributed by atoms with E-state index in [4.69, 9.17) is 37.8 Å². The van der Waals surface area contributed by atoms with Crippen LogP contribution in [0.5, 0.6) is 23.0 Å². The number of furan rings is 1. The Labute approximate surface area is 491 Å². The smallest absolute Gasteiger partial charge is 0.314 e. The number of aryl methyl sites for hydroxylation is 2. The Balaban J connectivity index is 0.705. The van der Waals surface area contributed by atoms with Gasteiger partial charge < -0.3 is 32.8 Å². The molecule has 0 N–H and O–H groups in total. The lowest BCUT2D eigenvalue weighted by atomic mass is 9.82. The van der Waals surface area contributed by atoms with Gasteiger partial charge in [-0.15, -0.1) is 11.3 Å². The maximum atomic E-state index is 13.9. The van der Waals surface area contributed by atoms with Gasteiger partial charge >= 0.3 is 35.8 Å². The van der Waals surface area contributed by atoms with Gasteiger partial charge in [0.2, 0.25) is 0 Å². The van der Waals surface area contributed by atoms with Crippen LogP contribution in [0.1, 0.15) is 125 Å². The lowest BCUT2D eigenvalue weighted by molar-refractivity contribution is -0.160. The number of ketones is 2. The summed E-state index contributed by atoms with van der Waals surface area (Å²) in [7, 11) is 0. The van der Waals surface area contributed by atoms with Crippen LogP contribution < -0.4 is 18.9 Å². The molecule has 0 unspecified atom stereocenters. The fourth-order valence-corrected chi connectivity index (χ4v) is 13.0. The Morgan fingerprint density at radius 3 is 1.33 bits per heavy atom. The fraction of sp³-hybridized carbons (Fsp3) is 0.418. The van der Waals surface area contributed by atoms with Crippen molar-refractivity contribution in [3.05, 3.63) is 126 Å². The summed E-state index contributed by atoms with van der Waals surface area (Å²) in [6, 6.07) is 22.8. The molecule has 17 heteroatoms. The third-order valence-electron chi connectivity index (χ3n) is 17.0. The molecule has 0 radical (unpaired) electrons. The molecule has 0 aliphatic heterocycles. The predicted octanol–water partition coefficient (Wildman–Crippen LogP) is 12.8. The van der Waals surface area contributed by atoms with Gasteiger partial charge in [0.1, 0.15) is 39.5 Å². The number of carbonyl (C=O) groups is 8. The van der Waals surface area contributed by atoms with Crippen LogP contribution in [0.25, 0.3) is 32.0 Å². The van der Waals surface area contributed by atoms with E-state index in [1.807, 2.05) is 26.0 Å². The first-order valence-corrected chi connectivity index (χ1v) is 30.1. The second kappa shape index (κ2) is 26.7. The van der Waals surface area contributed by atoms with Crippen LogP contribution in [0.2, 0.25) is 0 Å². The van der Waals surface area contributed by atoms with Gasteiger partial charge in [-0.25, -0.2) is 4.98 Å². The molecule has 2 aromatic heterocycles. The van der Waals surface area contributed by atoms with Gasteiger partial charge in [0, 0.05) is 18.2 Å². The van der Waals surface area contributed by atoms with E-state index in [2.05, 4.69) is 19.2 Å². The molecular formula is C67H69NO15S. The molecule has 0 spiro atoms. The second-order valence-electron chi connectivity index (χ2n) is 22.9. The number of benzene rings is 4. The minimum absolute atomic E-state index is 0.0972. The summed E-state index contributed by atoms with van der Waals surface area (Å²) in [6.45, 7) is 11.0. The van der Waals surface area contributed by atoms with E-state index >= 15 is 0 Å². The van der Waals surface area contributed by atoms with Gasteiger partial charge in [-0.2, -0.15) is 0 Å². The molecule has 0 amide bonds. The van der Waals surface area contributed by atoms with E-state index in [9.17, 15) is 38.4 Å². The molecule has 4 aliphatic rings. The van der Waals surface area contributed by atoms with Gasteiger partial charge in [-0.3, -0.25) is 38.4 Å². The summed E-state index contributed by atoms with van der Waals surface area (Å²) in [5, 5.41) is 1.44. The molecule has 4 aliphatic carbocycles. The highest BCUT2D eigenvalue weighted by Crippen LogP contribution is 2.44. The Morgan fingerprint density at radius 1 is 0.500 bits per heavy atom. The van der Waals surface area contributed by atoms with Crippen LogP contribution in [0.4, 0.5) is 0 Å². The lowest BCUT2D eigenvalue weighted by Gasteiger charge is -2.30. The first kappa shape index (κ1) is 59.1. The number of allylic oxidation sites excluding steroid dienone is 2. The third kappa shape index (κ3) is 14.5. The number of carbonyl (C=O) groups excluding carboxylic acids is 8. The van der Waals surface area contributed by atoms with Crippen molar-refractivity contribution in [3.63, 3.8) is 0 Å².